The third-order valence-corrected chi connectivity index (χ3v) is 4.69. The van der Waals surface area contributed by atoms with Crippen molar-refractivity contribution < 1.29 is 9.59 Å². The minimum Gasteiger partial charge on any atom is -0.335 e. The Morgan fingerprint density at radius 1 is 1.27 bits per heavy atom. The molecule has 0 saturated carbocycles. The van der Waals surface area contributed by atoms with Crippen molar-refractivity contribution >= 4 is 17.5 Å². The molecule has 0 fully saturated rings. The average molecular weight is 352 g/mol. The lowest BCUT2D eigenvalue weighted by Gasteiger charge is -2.28. The number of hydrogen-bond donors (Lipinski definition) is 1. The zero-order valence-corrected chi connectivity index (χ0v) is 15.5. The smallest absolute Gasteiger partial charge is 0.273 e. The summed E-state index contributed by atoms with van der Waals surface area (Å²) in [6, 6.07) is 7.68. The standard InChI is InChI=1S/C20H24N4O2/c1-5-19(25)24-9-8-14-6-7-16(10-15(14)12-24)21-20(26)18-11-17(13(2)3)22-23(18)4/h5-7,10-11,13H,1,8-9,12H2,2-4H3,(H,21,26). The lowest BCUT2D eigenvalue weighted by molar-refractivity contribution is -0.126. The Balaban J connectivity index is 1.78. The number of hydrogen-bond acceptors (Lipinski definition) is 3. The molecule has 0 spiro atoms. The first-order chi connectivity index (χ1) is 12.4. The van der Waals surface area contributed by atoms with Crippen LogP contribution in [-0.2, 0) is 24.8 Å². The van der Waals surface area contributed by atoms with Crippen LogP contribution in [0.25, 0.3) is 0 Å². The van der Waals surface area contributed by atoms with E-state index in [4.69, 9.17) is 0 Å². The van der Waals surface area contributed by atoms with Crippen molar-refractivity contribution in [2.45, 2.75) is 32.7 Å². The molecule has 6 nitrogen and oxygen atoms in total. The van der Waals surface area contributed by atoms with Crippen LogP contribution in [-0.4, -0.2) is 33.0 Å². The van der Waals surface area contributed by atoms with Gasteiger partial charge in [-0.05, 0) is 47.7 Å². The van der Waals surface area contributed by atoms with Gasteiger partial charge in [-0.2, -0.15) is 5.10 Å². The molecular weight excluding hydrogens is 328 g/mol. The zero-order chi connectivity index (χ0) is 18.8. The maximum atomic E-state index is 12.6. The van der Waals surface area contributed by atoms with Crippen molar-refractivity contribution in [1.29, 1.82) is 0 Å². The summed E-state index contributed by atoms with van der Waals surface area (Å²) in [6.45, 7) is 8.87. The van der Waals surface area contributed by atoms with Gasteiger partial charge in [0, 0.05) is 25.8 Å². The Labute approximate surface area is 153 Å². The molecule has 0 saturated heterocycles. The molecule has 2 heterocycles. The van der Waals surface area contributed by atoms with Crippen molar-refractivity contribution in [3.8, 4) is 0 Å². The molecule has 26 heavy (non-hydrogen) atoms. The van der Waals surface area contributed by atoms with E-state index in [2.05, 4.69) is 17.0 Å². The number of carbonyl (C=O) groups excluding carboxylic acids is 2. The van der Waals surface area contributed by atoms with Gasteiger partial charge in [-0.1, -0.05) is 26.5 Å². The van der Waals surface area contributed by atoms with Gasteiger partial charge < -0.3 is 10.2 Å². The molecule has 1 aliphatic rings. The molecule has 0 unspecified atom stereocenters. The maximum absolute atomic E-state index is 12.6. The van der Waals surface area contributed by atoms with Crippen LogP contribution < -0.4 is 5.32 Å². The zero-order valence-electron chi connectivity index (χ0n) is 15.5. The van der Waals surface area contributed by atoms with Gasteiger partial charge in [0.25, 0.3) is 5.91 Å². The van der Waals surface area contributed by atoms with E-state index in [1.807, 2.05) is 38.1 Å². The first kappa shape index (κ1) is 17.9. The van der Waals surface area contributed by atoms with Gasteiger partial charge in [-0.15, -0.1) is 0 Å². The molecule has 1 aromatic heterocycles. The summed E-state index contributed by atoms with van der Waals surface area (Å²) in [6.07, 6.45) is 2.15. The second-order valence-corrected chi connectivity index (χ2v) is 6.88. The van der Waals surface area contributed by atoms with Crippen molar-refractivity contribution in [3.05, 3.63) is 59.4 Å². The maximum Gasteiger partial charge on any atom is 0.273 e. The summed E-state index contributed by atoms with van der Waals surface area (Å²) in [7, 11) is 1.77. The second kappa shape index (κ2) is 7.15. The number of aromatic nitrogens is 2. The summed E-state index contributed by atoms with van der Waals surface area (Å²) in [5.41, 5.74) is 4.39. The van der Waals surface area contributed by atoms with Crippen LogP contribution in [0, 0.1) is 0 Å². The lowest BCUT2D eigenvalue weighted by atomic mass is 9.99. The van der Waals surface area contributed by atoms with Crippen molar-refractivity contribution in [2.24, 2.45) is 7.05 Å². The fourth-order valence-electron chi connectivity index (χ4n) is 3.13. The Bertz CT molecular complexity index is 867. The van der Waals surface area contributed by atoms with Crippen LogP contribution in [0.5, 0.6) is 0 Å². The SMILES string of the molecule is C=CC(=O)N1CCc2ccc(NC(=O)c3cc(C(C)C)nn3C)cc2C1. The first-order valence-electron chi connectivity index (χ1n) is 8.77. The molecule has 0 atom stereocenters. The van der Waals surface area contributed by atoms with Crippen molar-refractivity contribution in [3.63, 3.8) is 0 Å². The predicted molar refractivity (Wildman–Crippen MR) is 101 cm³/mol. The number of rotatable bonds is 4. The highest BCUT2D eigenvalue weighted by molar-refractivity contribution is 6.03. The van der Waals surface area contributed by atoms with Gasteiger partial charge in [0.05, 0.1) is 5.69 Å². The first-order valence-corrected chi connectivity index (χ1v) is 8.77. The highest BCUT2D eigenvalue weighted by atomic mass is 16.2. The van der Waals surface area contributed by atoms with Gasteiger partial charge in [-0.3, -0.25) is 14.3 Å². The molecule has 3 rings (SSSR count). The Kier molecular flexibility index (Phi) is 4.93. The van der Waals surface area contributed by atoms with Gasteiger partial charge in [-0.25, -0.2) is 0 Å². The number of anilines is 1. The lowest BCUT2D eigenvalue weighted by Crippen LogP contribution is -2.34. The third kappa shape index (κ3) is 3.54. The van der Waals surface area contributed by atoms with Gasteiger partial charge >= 0.3 is 0 Å². The molecule has 0 bridgehead atoms. The molecular formula is C20H24N4O2. The highest BCUT2D eigenvalue weighted by Gasteiger charge is 2.20. The van der Waals surface area contributed by atoms with Crippen LogP contribution in [0.1, 0.15) is 47.1 Å². The minimum absolute atomic E-state index is 0.0683. The molecule has 0 radical (unpaired) electrons. The van der Waals surface area contributed by atoms with Crippen molar-refractivity contribution in [1.82, 2.24) is 14.7 Å². The fourth-order valence-corrected chi connectivity index (χ4v) is 3.13. The summed E-state index contributed by atoms with van der Waals surface area (Å²) in [5, 5.41) is 7.32. The molecule has 6 heteroatoms. The summed E-state index contributed by atoms with van der Waals surface area (Å²) in [4.78, 5) is 26.2. The average Bonchev–Trinajstić information content (AvgIpc) is 3.02. The van der Waals surface area contributed by atoms with Gasteiger partial charge in [0.15, 0.2) is 0 Å². The number of benzene rings is 1. The van der Waals surface area contributed by atoms with E-state index in [0.717, 1.165) is 17.7 Å². The largest absolute Gasteiger partial charge is 0.335 e. The van der Waals surface area contributed by atoms with Gasteiger partial charge in [0.1, 0.15) is 5.69 Å². The van der Waals surface area contributed by atoms with E-state index in [1.165, 1.54) is 11.6 Å². The number of fused-ring (bicyclic) bond motifs is 1. The Hall–Kier alpha value is -2.89. The number of aryl methyl sites for hydroxylation is 1. The third-order valence-electron chi connectivity index (χ3n) is 4.69. The van der Waals surface area contributed by atoms with Gasteiger partial charge in [0.2, 0.25) is 5.91 Å². The summed E-state index contributed by atoms with van der Waals surface area (Å²) < 4.78 is 1.60. The number of nitrogens with zero attached hydrogens (tertiary/aromatic N) is 3. The topological polar surface area (TPSA) is 67.2 Å². The predicted octanol–water partition coefficient (Wildman–Crippen LogP) is 2.87. The minimum atomic E-state index is -0.193. The van der Waals surface area contributed by atoms with Crippen LogP contribution in [0.15, 0.2) is 36.9 Å². The fraction of sp³-hybridized carbons (Fsp3) is 0.350. The Morgan fingerprint density at radius 2 is 2.04 bits per heavy atom. The molecule has 2 aromatic rings. The van der Waals surface area contributed by atoms with Crippen LogP contribution >= 0.6 is 0 Å². The van der Waals surface area contributed by atoms with E-state index < -0.39 is 0 Å². The second-order valence-electron chi connectivity index (χ2n) is 6.88. The van der Waals surface area contributed by atoms with E-state index in [0.29, 0.717) is 24.5 Å². The quantitative estimate of drug-likeness (QED) is 0.861. The molecule has 1 N–H and O–H groups in total. The van der Waals surface area contributed by atoms with E-state index in [9.17, 15) is 9.59 Å². The number of carbonyl (C=O) groups is 2. The number of nitrogens with one attached hydrogen (secondary N) is 1. The summed E-state index contributed by atoms with van der Waals surface area (Å²) >= 11 is 0. The van der Waals surface area contributed by atoms with E-state index in [1.54, 1.807) is 16.6 Å². The molecule has 1 aliphatic heterocycles. The Morgan fingerprint density at radius 3 is 2.69 bits per heavy atom. The molecule has 1 aromatic carbocycles. The van der Waals surface area contributed by atoms with E-state index in [-0.39, 0.29) is 17.7 Å². The number of amides is 2. The monoisotopic (exact) mass is 352 g/mol. The molecule has 136 valence electrons. The van der Waals surface area contributed by atoms with Crippen LogP contribution in [0.3, 0.4) is 0 Å². The molecule has 0 aliphatic carbocycles. The van der Waals surface area contributed by atoms with E-state index >= 15 is 0 Å². The summed E-state index contributed by atoms with van der Waals surface area (Å²) in [5.74, 6) is 0.00254. The van der Waals surface area contributed by atoms with Crippen LogP contribution in [0.4, 0.5) is 5.69 Å². The highest BCUT2D eigenvalue weighted by Crippen LogP contribution is 2.23. The molecule has 2 amide bonds. The normalized spacial score (nSPS) is 13.5. The van der Waals surface area contributed by atoms with Crippen LogP contribution in [0.2, 0.25) is 0 Å². The van der Waals surface area contributed by atoms with Crippen molar-refractivity contribution in [2.75, 3.05) is 11.9 Å².